The summed E-state index contributed by atoms with van der Waals surface area (Å²) < 4.78 is 0. The van der Waals surface area contributed by atoms with Crippen LogP contribution in [0.1, 0.15) is 25.7 Å². The summed E-state index contributed by atoms with van der Waals surface area (Å²) in [5.41, 5.74) is 0. The van der Waals surface area contributed by atoms with Crippen LogP contribution in [0.4, 0.5) is 4.79 Å². The summed E-state index contributed by atoms with van der Waals surface area (Å²) in [5.74, 6) is 0. The maximum Gasteiger partial charge on any atom is 0.407 e. The van der Waals surface area contributed by atoms with E-state index in [1.54, 1.807) is 4.90 Å². The number of carboxylic acid groups (broad SMARTS) is 1. The van der Waals surface area contributed by atoms with Gasteiger partial charge in [0.2, 0.25) is 0 Å². The minimum Gasteiger partial charge on any atom is -0.465 e. The highest BCUT2D eigenvalue weighted by atomic mass is 16.4. The fourth-order valence-electron chi connectivity index (χ4n) is 3.69. The molecule has 96 valence electrons. The number of piperidine rings is 1. The molecule has 0 radical (unpaired) electrons. The van der Waals surface area contributed by atoms with Crippen molar-refractivity contribution in [1.82, 2.24) is 15.1 Å². The number of rotatable bonds is 2. The maximum absolute atomic E-state index is 11.4. The van der Waals surface area contributed by atoms with Crippen LogP contribution in [0.15, 0.2) is 0 Å². The first kappa shape index (κ1) is 11.3. The van der Waals surface area contributed by atoms with Crippen LogP contribution >= 0.6 is 0 Å². The first-order valence-electron chi connectivity index (χ1n) is 6.60. The zero-order valence-corrected chi connectivity index (χ0v) is 10.3. The SMILES string of the molecule is CN1[C@@H]2CC[C@H]1C[C@H](N(C(=O)O)C1CNC1)C2. The van der Waals surface area contributed by atoms with Crippen LogP contribution in [0, 0.1) is 0 Å². The first-order chi connectivity index (χ1) is 8.16. The third-order valence-corrected chi connectivity index (χ3v) is 4.84. The van der Waals surface area contributed by atoms with Crippen molar-refractivity contribution in [3.05, 3.63) is 0 Å². The Labute approximate surface area is 102 Å². The average molecular weight is 239 g/mol. The fraction of sp³-hybridized carbons (Fsp3) is 0.917. The molecule has 0 aromatic heterocycles. The number of carbonyl (C=O) groups is 1. The Morgan fingerprint density at radius 1 is 1.24 bits per heavy atom. The van der Waals surface area contributed by atoms with E-state index < -0.39 is 6.09 Å². The molecule has 3 heterocycles. The fourth-order valence-corrected chi connectivity index (χ4v) is 3.69. The molecular weight excluding hydrogens is 218 g/mol. The van der Waals surface area contributed by atoms with Crippen molar-refractivity contribution in [1.29, 1.82) is 0 Å². The summed E-state index contributed by atoms with van der Waals surface area (Å²) in [6.45, 7) is 1.65. The standard InChI is InChI=1S/C12H21N3O2/c1-14-8-2-3-9(14)5-10(4-8)15(12(16)17)11-6-13-7-11/h8-11,13H,2-7H2,1H3,(H,16,17)/t8-,9+,10-. The summed E-state index contributed by atoms with van der Waals surface area (Å²) in [7, 11) is 2.19. The van der Waals surface area contributed by atoms with Crippen LogP contribution in [0.3, 0.4) is 0 Å². The summed E-state index contributed by atoms with van der Waals surface area (Å²) in [6.07, 6.45) is 3.80. The van der Waals surface area contributed by atoms with Crippen molar-refractivity contribution in [2.24, 2.45) is 0 Å². The number of amides is 1. The summed E-state index contributed by atoms with van der Waals surface area (Å²) in [5, 5.41) is 12.6. The topological polar surface area (TPSA) is 55.8 Å². The second-order valence-corrected chi connectivity index (χ2v) is 5.68. The molecule has 2 N–H and O–H groups in total. The molecule has 3 aliphatic heterocycles. The quantitative estimate of drug-likeness (QED) is 0.739. The van der Waals surface area contributed by atoms with Gasteiger partial charge in [0.25, 0.3) is 0 Å². The molecule has 5 heteroatoms. The van der Waals surface area contributed by atoms with Crippen molar-refractivity contribution >= 4 is 6.09 Å². The van der Waals surface area contributed by atoms with Gasteiger partial charge in [-0.1, -0.05) is 0 Å². The Morgan fingerprint density at radius 3 is 2.24 bits per heavy atom. The van der Waals surface area contributed by atoms with Crippen LogP contribution in [-0.2, 0) is 0 Å². The summed E-state index contributed by atoms with van der Waals surface area (Å²) >= 11 is 0. The van der Waals surface area contributed by atoms with Crippen LogP contribution in [0.5, 0.6) is 0 Å². The predicted molar refractivity (Wildman–Crippen MR) is 64.1 cm³/mol. The lowest BCUT2D eigenvalue weighted by atomic mass is 9.94. The minimum atomic E-state index is -0.731. The van der Waals surface area contributed by atoms with Gasteiger partial charge in [0.05, 0.1) is 6.04 Å². The molecule has 3 fully saturated rings. The van der Waals surface area contributed by atoms with E-state index in [-0.39, 0.29) is 12.1 Å². The third-order valence-electron chi connectivity index (χ3n) is 4.84. The minimum absolute atomic E-state index is 0.209. The largest absolute Gasteiger partial charge is 0.465 e. The molecule has 1 amide bonds. The Balaban J connectivity index is 1.72. The highest BCUT2D eigenvalue weighted by Crippen LogP contribution is 2.37. The van der Waals surface area contributed by atoms with E-state index in [9.17, 15) is 9.90 Å². The van der Waals surface area contributed by atoms with E-state index in [0.29, 0.717) is 12.1 Å². The molecule has 2 bridgehead atoms. The van der Waals surface area contributed by atoms with Crippen molar-refractivity contribution in [3.63, 3.8) is 0 Å². The monoisotopic (exact) mass is 239 g/mol. The summed E-state index contributed by atoms with van der Waals surface area (Å²) in [6, 6.07) is 1.66. The van der Waals surface area contributed by atoms with E-state index in [0.717, 1.165) is 25.9 Å². The van der Waals surface area contributed by atoms with Crippen LogP contribution in [0.2, 0.25) is 0 Å². The van der Waals surface area contributed by atoms with Gasteiger partial charge < -0.3 is 15.3 Å². The van der Waals surface area contributed by atoms with E-state index in [1.165, 1.54) is 12.8 Å². The lowest BCUT2D eigenvalue weighted by Crippen LogP contribution is -2.63. The Kier molecular flexibility index (Phi) is 2.75. The van der Waals surface area contributed by atoms with Gasteiger partial charge in [-0.25, -0.2) is 4.79 Å². The second-order valence-electron chi connectivity index (χ2n) is 5.68. The van der Waals surface area contributed by atoms with Gasteiger partial charge in [-0.05, 0) is 32.7 Å². The van der Waals surface area contributed by atoms with Crippen molar-refractivity contribution in [2.45, 2.75) is 49.9 Å². The van der Waals surface area contributed by atoms with Crippen LogP contribution in [0.25, 0.3) is 0 Å². The predicted octanol–water partition coefficient (Wildman–Crippen LogP) is 0.563. The molecule has 3 atom stereocenters. The van der Waals surface area contributed by atoms with Crippen LogP contribution < -0.4 is 5.32 Å². The molecule has 3 aliphatic rings. The van der Waals surface area contributed by atoms with E-state index >= 15 is 0 Å². The Bertz CT molecular complexity index is 305. The molecule has 3 saturated heterocycles. The third kappa shape index (κ3) is 1.81. The number of nitrogens with one attached hydrogen (secondary N) is 1. The zero-order chi connectivity index (χ0) is 12.0. The van der Waals surface area contributed by atoms with E-state index in [2.05, 4.69) is 17.3 Å². The highest BCUT2D eigenvalue weighted by molar-refractivity contribution is 5.66. The zero-order valence-electron chi connectivity index (χ0n) is 10.3. The van der Waals surface area contributed by atoms with Crippen molar-refractivity contribution in [3.8, 4) is 0 Å². The molecule has 0 saturated carbocycles. The number of nitrogens with zero attached hydrogens (tertiary/aromatic N) is 2. The molecule has 0 aromatic carbocycles. The normalized spacial score (nSPS) is 37.8. The molecule has 0 unspecified atom stereocenters. The first-order valence-corrected chi connectivity index (χ1v) is 6.60. The summed E-state index contributed by atoms with van der Waals surface area (Å²) in [4.78, 5) is 15.6. The van der Waals surface area contributed by atoms with Gasteiger partial charge in [-0.2, -0.15) is 0 Å². The molecule has 0 spiro atoms. The van der Waals surface area contributed by atoms with E-state index in [4.69, 9.17) is 0 Å². The van der Waals surface area contributed by atoms with Gasteiger partial charge in [0, 0.05) is 31.2 Å². The van der Waals surface area contributed by atoms with E-state index in [1.807, 2.05) is 0 Å². The molecule has 0 aromatic rings. The Morgan fingerprint density at radius 2 is 1.82 bits per heavy atom. The molecule has 17 heavy (non-hydrogen) atoms. The number of fused-ring (bicyclic) bond motifs is 2. The number of hydrogen-bond acceptors (Lipinski definition) is 3. The van der Waals surface area contributed by atoms with Gasteiger partial charge >= 0.3 is 6.09 Å². The van der Waals surface area contributed by atoms with Gasteiger partial charge in [0.1, 0.15) is 0 Å². The van der Waals surface area contributed by atoms with Gasteiger partial charge in [-0.15, -0.1) is 0 Å². The smallest absolute Gasteiger partial charge is 0.407 e. The molecule has 0 aliphatic carbocycles. The second kappa shape index (κ2) is 4.14. The molecule has 5 nitrogen and oxygen atoms in total. The van der Waals surface area contributed by atoms with Gasteiger partial charge in [0.15, 0.2) is 0 Å². The molecule has 3 rings (SSSR count). The van der Waals surface area contributed by atoms with Crippen molar-refractivity contribution < 1.29 is 9.90 Å². The number of hydrogen-bond donors (Lipinski definition) is 2. The van der Waals surface area contributed by atoms with Crippen molar-refractivity contribution in [2.75, 3.05) is 20.1 Å². The average Bonchev–Trinajstić information content (AvgIpc) is 2.48. The lowest BCUT2D eigenvalue weighted by Gasteiger charge is -2.46. The molecular formula is C12H21N3O2. The maximum atomic E-state index is 11.4. The van der Waals surface area contributed by atoms with Crippen LogP contribution in [-0.4, -0.2) is 65.3 Å². The highest BCUT2D eigenvalue weighted by Gasteiger charge is 2.44. The lowest BCUT2D eigenvalue weighted by molar-refractivity contribution is 0.0347. The Hall–Kier alpha value is -0.810. The van der Waals surface area contributed by atoms with Gasteiger partial charge in [-0.3, -0.25) is 4.90 Å².